The van der Waals surface area contributed by atoms with Gasteiger partial charge in [0.15, 0.2) is 0 Å². The van der Waals surface area contributed by atoms with E-state index in [0.717, 1.165) is 11.1 Å². The summed E-state index contributed by atoms with van der Waals surface area (Å²) in [5.41, 5.74) is 0.389. The van der Waals surface area contributed by atoms with Gasteiger partial charge in [0.1, 0.15) is 0 Å². The van der Waals surface area contributed by atoms with Crippen molar-refractivity contribution in [1.29, 1.82) is 0 Å². The van der Waals surface area contributed by atoms with Gasteiger partial charge in [0.2, 0.25) is 5.16 Å². The smallest absolute Gasteiger partial charge is 0.209 e. The molecule has 118 valence electrons. The molecule has 0 amide bonds. The van der Waals surface area contributed by atoms with Gasteiger partial charge in [-0.15, -0.1) is 5.10 Å². The van der Waals surface area contributed by atoms with E-state index in [1.165, 1.54) is 32.1 Å². The van der Waals surface area contributed by atoms with Crippen LogP contribution in [0.25, 0.3) is 0 Å². The molecule has 5 nitrogen and oxygen atoms in total. The highest BCUT2D eigenvalue weighted by atomic mass is 32.2. The number of nitrogens with zero attached hydrogens (tertiary/aromatic N) is 4. The molecule has 2 fully saturated rings. The van der Waals surface area contributed by atoms with E-state index < -0.39 is 0 Å². The lowest BCUT2D eigenvalue weighted by Gasteiger charge is -2.41. The summed E-state index contributed by atoms with van der Waals surface area (Å²) in [4.78, 5) is 0. The highest BCUT2D eigenvalue weighted by molar-refractivity contribution is 7.99. The minimum Gasteiger partial charge on any atom is -0.316 e. The number of hydrogen-bond acceptors (Lipinski definition) is 5. The molecule has 3 unspecified atom stereocenters. The summed E-state index contributed by atoms with van der Waals surface area (Å²) < 4.78 is 2.04. The maximum Gasteiger partial charge on any atom is 0.209 e. The standard InChI is InChI=1S/C15H27N5S/c1-15(2,3)10-5-8-12(16-4)13(9-10)21-14-17-18-19-20(14)11-6-7-11/h10-13,16H,5-9H2,1-4H3. The van der Waals surface area contributed by atoms with E-state index in [4.69, 9.17) is 0 Å². The van der Waals surface area contributed by atoms with Gasteiger partial charge in [0.05, 0.1) is 6.04 Å². The molecule has 2 aliphatic rings. The first kappa shape index (κ1) is 15.3. The zero-order valence-corrected chi connectivity index (χ0v) is 14.4. The highest BCUT2D eigenvalue weighted by Crippen LogP contribution is 2.44. The van der Waals surface area contributed by atoms with Crippen molar-refractivity contribution in [3.63, 3.8) is 0 Å². The molecule has 1 heterocycles. The molecule has 3 atom stereocenters. The van der Waals surface area contributed by atoms with Gasteiger partial charge < -0.3 is 5.32 Å². The van der Waals surface area contributed by atoms with Crippen molar-refractivity contribution in [2.45, 2.75) is 75.4 Å². The minimum atomic E-state index is 0.389. The van der Waals surface area contributed by atoms with Crippen molar-refractivity contribution in [3.05, 3.63) is 0 Å². The van der Waals surface area contributed by atoms with Gasteiger partial charge in [-0.3, -0.25) is 0 Å². The Kier molecular flexibility index (Phi) is 4.28. The minimum absolute atomic E-state index is 0.389. The van der Waals surface area contributed by atoms with Gasteiger partial charge in [-0.2, -0.15) is 0 Å². The Balaban J connectivity index is 1.72. The molecule has 21 heavy (non-hydrogen) atoms. The fraction of sp³-hybridized carbons (Fsp3) is 0.933. The van der Waals surface area contributed by atoms with E-state index in [9.17, 15) is 0 Å². The second-order valence-electron chi connectivity index (χ2n) is 7.56. The molecule has 1 aromatic rings. The first-order valence-electron chi connectivity index (χ1n) is 8.11. The zero-order chi connectivity index (χ0) is 15.0. The number of tetrazole rings is 1. The molecule has 0 aromatic carbocycles. The molecule has 0 bridgehead atoms. The fourth-order valence-corrected chi connectivity index (χ4v) is 4.74. The average molecular weight is 309 g/mol. The van der Waals surface area contributed by atoms with Crippen molar-refractivity contribution in [3.8, 4) is 0 Å². The molecule has 3 rings (SSSR count). The zero-order valence-electron chi connectivity index (χ0n) is 13.5. The van der Waals surface area contributed by atoms with E-state index >= 15 is 0 Å². The Bertz CT molecular complexity index is 477. The van der Waals surface area contributed by atoms with Gasteiger partial charge in [0.25, 0.3) is 0 Å². The van der Waals surface area contributed by atoms with Crippen LogP contribution in [0, 0.1) is 11.3 Å². The SMILES string of the molecule is CNC1CCC(C(C)(C)C)CC1Sc1nnnn1C1CC1. The topological polar surface area (TPSA) is 55.6 Å². The van der Waals surface area contributed by atoms with Crippen LogP contribution in [0.3, 0.4) is 0 Å². The Hall–Kier alpha value is -0.620. The van der Waals surface area contributed by atoms with Crippen molar-refractivity contribution < 1.29 is 0 Å². The van der Waals surface area contributed by atoms with Crippen LogP contribution in [0.4, 0.5) is 0 Å². The van der Waals surface area contributed by atoms with Crippen LogP contribution >= 0.6 is 11.8 Å². The first-order valence-corrected chi connectivity index (χ1v) is 8.99. The Labute approximate surface area is 131 Å². The Morgan fingerprint density at radius 1 is 1.19 bits per heavy atom. The molecule has 0 saturated heterocycles. The molecule has 0 aliphatic heterocycles. The number of aromatic nitrogens is 4. The summed E-state index contributed by atoms with van der Waals surface area (Å²) in [5.74, 6) is 0.782. The fourth-order valence-electron chi connectivity index (χ4n) is 3.32. The second-order valence-corrected chi connectivity index (χ2v) is 8.77. The predicted octanol–water partition coefficient (Wildman–Crippen LogP) is 2.90. The summed E-state index contributed by atoms with van der Waals surface area (Å²) in [6.07, 6.45) is 6.27. The molecule has 2 saturated carbocycles. The molecular weight excluding hydrogens is 282 g/mol. The third-order valence-corrected chi connectivity index (χ3v) is 6.30. The lowest BCUT2D eigenvalue weighted by molar-refractivity contribution is 0.167. The van der Waals surface area contributed by atoms with Crippen LogP contribution in [0.1, 0.15) is 58.9 Å². The van der Waals surface area contributed by atoms with E-state index in [2.05, 4.69) is 48.7 Å². The monoisotopic (exact) mass is 309 g/mol. The van der Waals surface area contributed by atoms with E-state index in [1.807, 2.05) is 16.4 Å². The molecule has 2 aliphatic carbocycles. The number of nitrogens with one attached hydrogen (secondary N) is 1. The van der Waals surface area contributed by atoms with Crippen LogP contribution < -0.4 is 5.32 Å². The molecule has 1 aromatic heterocycles. The Morgan fingerprint density at radius 3 is 2.57 bits per heavy atom. The largest absolute Gasteiger partial charge is 0.316 e. The third-order valence-electron chi connectivity index (χ3n) is 5.00. The molecule has 0 spiro atoms. The van der Waals surface area contributed by atoms with Gasteiger partial charge in [-0.25, -0.2) is 4.68 Å². The first-order chi connectivity index (χ1) is 9.99. The van der Waals surface area contributed by atoms with E-state index in [-0.39, 0.29) is 0 Å². The Morgan fingerprint density at radius 2 is 1.95 bits per heavy atom. The number of rotatable bonds is 4. The van der Waals surface area contributed by atoms with Crippen molar-refractivity contribution in [2.24, 2.45) is 11.3 Å². The molecule has 6 heteroatoms. The third kappa shape index (κ3) is 3.42. The summed E-state index contributed by atoms with van der Waals surface area (Å²) in [5, 5.41) is 17.4. The summed E-state index contributed by atoms with van der Waals surface area (Å²) in [7, 11) is 2.08. The molecule has 1 N–H and O–H groups in total. The van der Waals surface area contributed by atoms with Crippen LogP contribution in [-0.2, 0) is 0 Å². The normalized spacial score (nSPS) is 30.6. The number of hydrogen-bond donors (Lipinski definition) is 1. The van der Waals surface area contributed by atoms with Gasteiger partial charge in [-0.1, -0.05) is 32.5 Å². The van der Waals surface area contributed by atoms with Gasteiger partial charge in [-0.05, 0) is 60.9 Å². The maximum atomic E-state index is 4.26. The highest BCUT2D eigenvalue weighted by Gasteiger charge is 2.37. The summed E-state index contributed by atoms with van der Waals surface area (Å²) in [6.45, 7) is 7.11. The summed E-state index contributed by atoms with van der Waals surface area (Å²) >= 11 is 1.88. The quantitative estimate of drug-likeness (QED) is 0.927. The predicted molar refractivity (Wildman–Crippen MR) is 85.4 cm³/mol. The van der Waals surface area contributed by atoms with Crippen molar-refractivity contribution >= 4 is 11.8 Å². The van der Waals surface area contributed by atoms with E-state index in [0.29, 0.717) is 22.7 Å². The number of thioether (sulfide) groups is 1. The lowest BCUT2D eigenvalue weighted by atomic mass is 9.71. The molecular formula is C15H27N5S. The molecule has 0 radical (unpaired) electrons. The second kappa shape index (κ2) is 5.88. The van der Waals surface area contributed by atoms with Crippen molar-refractivity contribution in [2.75, 3.05) is 7.05 Å². The van der Waals surface area contributed by atoms with Gasteiger partial charge in [0, 0.05) is 11.3 Å². The van der Waals surface area contributed by atoms with Crippen LogP contribution in [0.5, 0.6) is 0 Å². The van der Waals surface area contributed by atoms with Gasteiger partial charge >= 0.3 is 0 Å². The van der Waals surface area contributed by atoms with Crippen LogP contribution in [0.15, 0.2) is 5.16 Å². The maximum absolute atomic E-state index is 4.26. The van der Waals surface area contributed by atoms with Crippen LogP contribution in [-0.4, -0.2) is 38.5 Å². The van der Waals surface area contributed by atoms with Crippen LogP contribution in [0.2, 0.25) is 0 Å². The lowest BCUT2D eigenvalue weighted by Crippen LogP contribution is -2.43. The average Bonchev–Trinajstić information content (AvgIpc) is 3.18. The van der Waals surface area contributed by atoms with Crippen molar-refractivity contribution in [1.82, 2.24) is 25.5 Å². The van der Waals surface area contributed by atoms with E-state index in [1.54, 1.807) is 0 Å². The summed E-state index contributed by atoms with van der Waals surface area (Å²) in [6, 6.07) is 1.12.